The third kappa shape index (κ3) is 4.07. The second kappa shape index (κ2) is 7.50. The summed E-state index contributed by atoms with van der Waals surface area (Å²) >= 11 is 0. The number of sulfone groups is 1. The number of methoxy groups -OCH3 is 1. The normalized spacial score (nSPS) is 16.8. The van der Waals surface area contributed by atoms with E-state index in [1.807, 2.05) is 48.5 Å². The van der Waals surface area contributed by atoms with Crippen molar-refractivity contribution in [3.05, 3.63) is 65.2 Å². The van der Waals surface area contributed by atoms with Gasteiger partial charge in [-0.2, -0.15) is 0 Å². The van der Waals surface area contributed by atoms with E-state index in [1.165, 1.54) is 0 Å². The number of carbonyl (C=O) groups excluding carboxylic acids is 1. The van der Waals surface area contributed by atoms with Crippen molar-refractivity contribution in [1.82, 2.24) is 4.90 Å². The van der Waals surface area contributed by atoms with Gasteiger partial charge in [-0.15, -0.1) is 0 Å². The fourth-order valence-electron chi connectivity index (χ4n) is 3.41. The van der Waals surface area contributed by atoms with Crippen molar-refractivity contribution in [2.75, 3.05) is 25.7 Å². The van der Waals surface area contributed by atoms with Crippen molar-refractivity contribution in [2.24, 2.45) is 0 Å². The van der Waals surface area contributed by atoms with Crippen LogP contribution < -0.4 is 4.74 Å². The Kier molecular flexibility index (Phi) is 5.32. The molecule has 26 heavy (non-hydrogen) atoms. The standard InChI is InChI=1S/C20H23NO4S/c1-25-17-8-9-18-16(14-17)10-12-21(19(22)11-13-26(2,23)24)20(18)15-6-4-3-5-7-15/h3-9,14,20H,10-13H2,1-2H3. The van der Waals surface area contributed by atoms with Crippen molar-refractivity contribution in [2.45, 2.75) is 18.9 Å². The molecule has 0 aromatic heterocycles. The van der Waals surface area contributed by atoms with E-state index in [0.29, 0.717) is 6.54 Å². The number of amides is 1. The summed E-state index contributed by atoms with van der Waals surface area (Å²) in [4.78, 5) is 14.6. The van der Waals surface area contributed by atoms with Crippen LogP contribution in [0.2, 0.25) is 0 Å². The van der Waals surface area contributed by atoms with E-state index in [2.05, 4.69) is 0 Å². The second-order valence-corrected chi connectivity index (χ2v) is 8.85. The van der Waals surface area contributed by atoms with Gasteiger partial charge in [-0.05, 0) is 35.2 Å². The zero-order chi connectivity index (χ0) is 18.7. The molecule has 0 saturated carbocycles. The minimum atomic E-state index is -3.17. The average Bonchev–Trinajstić information content (AvgIpc) is 2.64. The van der Waals surface area contributed by atoms with Gasteiger partial charge in [-0.25, -0.2) is 8.42 Å². The van der Waals surface area contributed by atoms with Gasteiger partial charge in [0.2, 0.25) is 5.91 Å². The first-order valence-electron chi connectivity index (χ1n) is 8.58. The lowest BCUT2D eigenvalue weighted by Gasteiger charge is -2.38. The van der Waals surface area contributed by atoms with Crippen LogP contribution in [-0.2, 0) is 21.1 Å². The van der Waals surface area contributed by atoms with Gasteiger partial charge in [0.05, 0.1) is 18.9 Å². The van der Waals surface area contributed by atoms with E-state index < -0.39 is 9.84 Å². The molecule has 0 saturated heterocycles. The number of benzene rings is 2. The molecule has 0 aliphatic carbocycles. The number of hydrogen-bond acceptors (Lipinski definition) is 4. The number of rotatable bonds is 5. The van der Waals surface area contributed by atoms with Crippen LogP contribution in [-0.4, -0.2) is 44.9 Å². The Morgan fingerprint density at radius 3 is 2.58 bits per heavy atom. The molecule has 0 N–H and O–H groups in total. The average molecular weight is 373 g/mol. The van der Waals surface area contributed by atoms with Gasteiger partial charge in [-0.1, -0.05) is 36.4 Å². The Balaban J connectivity index is 1.97. The van der Waals surface area contributed by atoms with E-state index in [4.69, 9.17) is 4.74 Å². The minimum absolute atomic E-state index is 0.00759. The van der Waals surface area contributed by atoms with Crippen LogP contribution in [0, 0.1) is 0 Å². The van der Waals surface area contributed by atoms with Crippen molar-refractivity contribution in [3.63, 3.8) is 0 Å². The highest BCUT2D eigenvalue weighted by molar-refractivity contribution is 7.90. The molecule has 1 atom stereocenters. The smallest absolute Gasteiger partial charge is 0.224 e. The van der Waals surface area contributed by atoms with Crippen molar-refractivity contribution < 1.29 is 17.9 Å². The number of carbonyl (C=O) groups is 1. The summed E-state index contributed by atoms with van der Waals surface area (Å²) in [6, 6.07) is 15.6. The molecule has 0 fully saturated rings. The quantitative estimate of drug-likeness (QED) is 0.808. The predicted octanol–water partition coefficient (Wildman–Crippen LogP) is 2.60. The van der Waals surface area contributed by atoms with Crippen LogP contribution in [0.15, 0.2) is 48.5 Å². The molecule has 1 aliphatic heterocycles. The van der Waals surface area contributed by atoms with Gasteiger partial charge in [0, 0.05) is 19.2 Å². The lowest BCUT2D eigenvalue weighted by Crippen LogP contribution is -2.41. The molecular formula is C20H23NO4S. The highest BCUT2D eigenvalue weighted by atomic mass is 32.2. The minimum Gasteiger partial charge on any atom is -0.497 e. The molecule has 3 rings (SSSR count). The van der Waals surface area contributed by atoms with Gasteiger partial charge < -0.3 is 9.64 Å². The van der Waals surface area contributed by atoms with Crippen LogP contribution in [0.1, 0.15) is 29.2 Å². The van der Waals surface area contributed by atoms with Crippen LogP contribution in [0.25, 0.3) is 0 Å². The van der Waals surface area contributed by atoms with Gasteiger partial charge in [0.1, 0.15) is 15.6 Å². The molecule has 5 nitrogen and oxygen atoms in total. The Bertz CT molecular complexity index is 893. The van der Waals surface area contributed by atoms with Crippen LogP contribution >= 0.6 is 0 Å². The molecule has 6 heteroatoms. The predicted molar refractivity (Wildman–Crippen MR) is 101 cm³/mol. The van der Waals surface area contributed by atoms with Crippen molar-refractivity contribution in [1.29, 1.82) is 0 Å². The largest absolute Gasteiger partial charge is 0.497 e. The lowest BCUT2D eigenvalue weighted by molar-refractivity contribution is -0.132. The molecule has 1 unspecified atom stereocenters. The van der Waals surface area contributed by atoms with Gasteiger partial charge in [0.15, 0.2) is 0 Å². The highest BCUT2D eigenvalue weighted by Crippen LogP contribution is 2.37. The molecule has 1 heterocycles. The zero-order valence-corrected chi connectivity index (χ0v) is 15.8. The summed E-state index contributed by atoms with van der Waals surface area (Å²) in [5.74, 6) is 0.539. The summed E-state index contributed by atoms with van der Waals surface area (Å²) in [5, 5.41) is 0. The molecule has 0 bridgehead atoms. The van der Waals surface area contributed by atoms with E-state index >= 15 is 0 Å². The van der Waals surface area contributed by atoms with Crippen LogP contribution in [0.5, 0.6) is 5.75 Å². The van der Waals surface area contributed by atoms with Crippen LogP contribution in [0.3, 0.4) is 0 Å². The van der Waals surface area contributed by atoms with Gasteiger partial charge >= 0.3 is 0 Å². The Morgan fingerprint density at radius 1 is 1.19 bits per heavy atom. The zero-order valence-electron chi connectivity index (χ0n) is 15.0. The molecule has 138 valence electrons. The molecular weight excluding hydrogens is 350 g/mol. The lowest BCUT2D eigenvalue weighted by atomic mass is 9.88. The first-order chi connectivity index (χ1) is 12.4. The first kappa shape index (κ1) is 18.5. The monoisotopic (exact) mass is 373 g/mol. The number of ether oxygens (including phenoxy) is 1. The Morgan fingerprint density at radius 2 is 1.92 bits per heavy atom. The molecule has 2 aromatic rings. The Hall–Kier alpha value is -2.34. The summed E-state index contributed by atoms with van der Waals surface area (Å²) in [6.07, 6.45) is 1.89. The summed E-state index contributed by atoms with van der Waals surface area (Å²) in [5.41, 5.74) is 3.24. The van der Waals surface area contributed by atoms with Crippen molar-refractivity contribution in [3.8, 4) is 5.75 Å². The molecule has 1 amide bonds. The summed E-state index contributed by atoms with van der Waals surface area (Å²) < 4.78 is 28.2. The van der Waals surface area contributed by atoms with E-state index in [0.717, 1.165) is 35.1 Å². The van der Waals surface area contributed by atoms with Gasteiger partial charge in [-0.3, -0.25) is 4.79 Å². The van der Waals surface area contributed by atoms with E-state index in [-0.39, 0.29) is 24.1 Å². The maximum absolute atomic E-state index is 12.8. The molecule has 2 aromatic carbocycles. The molecule has 0 radical (unpaired) electrons. The SMILES string of the molecule is COc1ccc2c(c1)CCN(C(=O)CCS(C)(=O)=O)C2c1ccccc1. The first-order valence-corrected chi connectivity index (χ1v) is 10.6. The fraction of sp³-hybridized carbons (Fsp3) is 0.350. The third-order valence-electron chi connectivity index (χ3n) is 4.70. The maximum Gasteiger partial charge on any atom is 0.224 e. The highest BCUT2D eigenvalue weighted by Gasteiger charge is 2.32. The number of fused-ring (bicyclic) bond motifs is 1. The molecule has 1 aliphatic rings. The number of hydrogen-bond donors (Lipinski definition) is 0. The summed E-state index contributed by atoms with van der Waals surface area (Å²) in [6.45, 7) is 0.558. The Labute approximate surface area is 154 Å². The summed E-state index contributed by atoms with van der Waals surface area (Å²) in [7, 11) is -1.53. The third-order valence-corrected chi connectivity index (χ3v) is 5.65. The van der Waals surface area contributed by atoms with E-state index in [1.54, 1.807) is 12.0 Å². The van der Waals surface area contributed by atoms with E-state index in [9.17, 15) is 13.2 Å². The van der Waals surface area contributed by atoms with Gasteiger partial charge in [0.25, 0.3) is 0 Å². The molecule has 0 spiro atoms. The fourth-order valence-corrected chi connectivity index (χ4v) is 3.96. The van der Waals surface area contributed by atoms with Crippen molar-refractivity contribution >= 4 is 15.7 Å². The maximum atomic E-state index is 12.8. The number of nitrogens with zero attached hydrogens (tertiary/aromatic N) is 1. The second-order valence-electron chi connectivity index (χ2n) is 6.59. The van der Waals surface area contributed by atoms with Crippen LogP contribution in [0.4, 0.5) is 0 Å². The topological polar surface area (TPSA) is 63.7 Å².